The SMILES string of the molecule is CC(C)(C)C(Br)CCc1ccccc1F. The summed E-state index contributed by atoms with van der Waals surface area (Å²) in [5, 5.41) is 0. The first-order chi connectivity index (χ1) is 6.91. The summed E-state index contributed by atoms with van der Waals surface area (Å²) in [4.78, 5) is 0.421. The lowest BCUT2D eigenvalue weighted by molar-refractivity contribution is 0.384. The third kappa shape index (κ3) is 3.94. The molecule has 0 fully saturated rings. The van der Waals surface area contributed by atoms with Gasteiger partial charge in [0, 0.05) is 4.83 Å². The number of rotatable bonds is 3. The molecule has 0 saturated carbocycles. The van der Waals surface area contributed by atoms with Crippen molar-refractivity contribution in [2.24, 2.45) is 5.41 Å². The van der Waals surface area contributed by atoms with Gasteiger partial charge < -0.3 is 0 Å². The average molecular weight is 273 g/mol. The van der Waals surface area contributed by atoms with Gasteiger partial charge in [0.2, 0.25) is 0 Å². The van der Waals surface area contributed by atoms with Crippen molar-refractivity contribution in [2.45, 2.75) is 38.4 Å². The van der Waals surface area contributed by atoms with Gasteiger partial charge in [-0.2, -0.15) is 0 Å². The molecule has 2 heteroatoms. The number of alkyl halides is 1. The van der Waals surface area contributed by atoms with Crippen LogP contribution in [0.3, 0.4) is 0 Å². The summed E-state index contributed by atoms with van der Waals surface area (Å²) in [6.07, 6.45) is 1.75. The van der Waals surface area contributed by atoms with Crippen molar-refractivity contribution in [2.75, 3.05) is 0 Å². The smallest absolute Gasteiger partial charge is 0.126 e. The van der Waals surface area contributed by atoms with Crippen LogP contribution >= 0.6 is 15.9 Å². The van der Waals surface area contributed by atoms with E-state index in [-0.39, 0.29) is 11.2 Å². The molecule has 0 nitrogen and oxygen atoms in total. The number of aryl methyl sites for hydroxylation is 1. The Balaban J connectivity index is 2.55. The first-order valence-corrected chi connectivity index (χ1v) is 6.20. The zero-order valence-corrected chi connectivity index (χ0v) is 11.1. The highest BCUT2D eigenvalue weighted by Gasteiger charge is 2.21. The molecule has 84 valence electrons. The molecule has 0 saturated heterocycles. The van der Waals surface area contributed by atoms with Gasteiger partial charge in [0.1, 0.15) is 5.82 Å². The molecule has 0 aromatic heterocycles. The van der Waals surface area contributed by atoms with E-state index in [9.17, 15) is 4.39 Å². The predicted octanol–water partition coefficient (Wildman–Crippen LogP) is 4.57. The highest BCUT2D eigenvalue weighted by atomic mass is 79.9. The largest absolute Gasteiger partial charge is 0.207 e. The van der Waals surface area contributed by atoms with Crippen LogP contribution in [0, 0.1) is 11.2 Å². The van der Waals surface area contributed by atoms with E-state index in [1.165, 1.54) is 6.07 Å². The molecule has 0 N–H and O–H groups in total. The molecule has 0 radical (unpaired) electrons. The van der Waals surface area contributed by atoms with Crippen LogP contribution in [-0.2, 0) is 6.42 Å². The van der Waals surface area contributed by atoms with Crippen LogP contribution in [-0.4, -0.2) is 4.83 Å². The first kappa shape index (κ1) is 12.7. The second-order valence-corrected chi connectivity index (χ2v) is 6.07. The molecule has 1 aromatic rings. The van der Waals surface area contributed by atoms with Gasteiger partial charge in [-0.1, -0.05) is 54.9 Å². The quantitative estimate of drug-likeness (QED) is 0.708. The standard InChI is InChI=1S/C13H18BrF/c1-13(2,3)12(14)9-8-10-6-4-5-7-11(10)15/h4-7,12H,8-9H2,1-3H3. The fourth-order valence-electron chi connectivity index (χ4n) is 1.42. The van der Waals surface area contributed by atoms with Gasteiger partial charge in [-0.3, -0.25) is 0 Å². The maximum absolute atomic E-state index is 13.3. The van der Waals surface area contributed by atoms with Crippen molar-refractivity contribution >= 4 is 15.9 Å². The van der Waals surface area contributed by atoms with Gasteiger partial charge >= 0.3 is 0 Å². The zero-order valence-electron chi connectivity index (χ0n) is 9.56. The maximum Gasteiger partial charge on any atom is 0.126 e. The molecule has 1 unspecified atom stereocenters. The van der Waals surface area contributed by atoms with Crippen LogP contribution in [0.1, 0.15) is 32.8 Å². The summed E-state index contributed by atoms with van der Waals surface area (Å²) in [6, 6.07) is 7.00. The third-order valence-electron chi connectivity index (χ3n) is 2.56. The number of halogens is 2. The van der Waals surface area contributed by atoms with E-state index < -0.39 is 0 Å². The van der Waals surface area contributed by atoms with E-state index in [1.54, 1.807) is 6.07 Å². The fraction of sp³-hybridized carbons (Fsp3) is 0.538. The van der Waals surface area contributed by atoms with E-state index in [4.69, 9.17) is 0 Å². The molecule has 0 amide bonds. The molecule has 0 aliphatic heterocycles. The fourth-order valence-corrected chi connectivity index (χ4v) is 1.65. The van der Waals surface area contributed by atoms with E-state index >= 15 is 0 Å². The molecular formula is C13H18BrF. The molecule has 1 aromatic carbocycles. The van der Waals surface area contributed by atoms with Crippen molar-refractivity contribution in [1.29, 1.82) is 0 Å². The molecule has 0 aliphatic rings. The Morgan fingerprint density at radius 2 is 1.87 bits per heavy atom. The van der Waals surface area contributed by atoms with Gasteiger partial charge in [-0.15, -0.1) is 0 Å². The average Bonchev–Trinajstić information content (AvgIpc) is 2.14. The van der Waals surface area contributed by atoms with Crippen molar-refractivity contribution in [3.63, 3.8) is 0 Å². The number of benzene rings is 1. The second-order valence-electron chi connectivity index (χ2n) is 4.96. The summed E-state index contributed by atoms with van der Waals surface area (Å²) in [5.41, 5.74) is 1.04. The second kappa shape index (κ2) is 5.11. The Morgan fingerprint density at radius 3 is 2.40 bits per heavy atom. The minimum atomic E-state index is -0.0916. The number of hydrogen-bond acceptors (Lipinski definition) is 0. The lowest BCUT2D eigenvalue weighted by Gasteiger charge is -2.25. The maximum atomic E-state index is 13.3. The van der Waals surface area contributed by atoms with Crippen molar-refractivity contribution in [1.82, 2.24) is 0 Å². The molecule has 0 aliphatic carbocycles. The lowest BCUT2D eigenvalue weighted by Crippen LogP contribution is -2.20. The Kier molecular flexibility index (Phi) is 4.32. The molecule has 0 bridgehead atoms. The van der Waals surface area contributed by atoms with Gasteiger partial charge in [0.05, 0.1) is 0 Å². The van der Waals surface area contributed by atoms with E-state index in [0.29, 0.717) is 4.83 Å². The van der Waals surface area contributed by atoms with Gasteiger partial charge in [0.25, 0.3) is 0 Å². The molecule has 1 atom stereocenters. The highest BCUT2D eigenvalue weighted by Crippen LogP contribution is 2.29. The normalized spacial score (nSPS) is 13.9. The summed E-state index contributed by atoms with van der Waals surface area (Å²) in [6.45, 7) is 6.56. The summed E-state index contributed by atoms with van der Waals surface area (Å²) in [7, 11) is 0. The lowest BCUT2D eigenvalue weighted by atomic mass is 9.89. The monoisotopic (exact) mass is 272 g/mol. The van der Waals surface area contributed by atoms with Gasteiger partial charge in [-0.05, 0) is 29.9 Å². The van der Waals surface area contributed by atoms with Crippen LogP contribution in [0.25, 0.3) is 0 Å². The minimum Gasteiger partial charge on any atom is -0.207 e. The summed E-state index contributed by atoms with van der Waals surface area (Å²) < 4.78 is 13.3. The third-order valence-corrected chi connectivity index (χ3v) is 4.40. The molecular weight excluding hydrogens is 255 g/mol. The van der Waals surface area contributed by atoms with Crippen molar-refractivity contribution in [3.05, 3.63) is 35.6 Å². The van der Waals surface area contributed by atoms with Crippen molar-refractivity contribution in [3.8, 4) is 0 Å². The minimum absolute atomic E-state index is 0.0916. The summed E-state index contributed by atoms with van der Waals surface area (Å²) in [5.74, 6) is -0.0916. The Hall–Kier alpha value is -0.370. The Bertz CT molecular complexity index is 315. The number of hydrogen-bond donors (Lipinski definition) is 0. The Labute approximate surface area is 100 Å². The van der Waals surface area contributed by atoms with Gasteiger partial charge in [0.15, 0.2) is 0 Å². The van der Waals surface area contributed by atoms with Crippen LogP contribution in [0.4, 0.5) is 4.39 Å². The topological polar surface area (TPSA) is 0 Å². The van der Waals surface area contributed by atoms with Crippen LogP contribution in [0.15, 0.2) is 24.3 Å². The molecule has 15 heavy (non-hydrogen) atoms. The van der Waals surface area contributed by atoms with E-state index in [1.807, 2.05) is 12.1 Å². The molecule has 1 rings (SSSR count). The predicted molar refractivity (Wildman–Crippen MR) is 66.9 cm³/mol. The molecule has 0 spiro atoms. The van der Waals surface area contributed by atoms with Gasteiger partial charge in [-0.25, -0.2) is 4.39 Å². The van der Waals surface area contributed by atoms with Crippen molar-refractivity contribution < 1.29 is 4.39 Å². The Morgan fingerprint density at radius 1 is 1.27 bits per heavy atom. The van der Waals surface area contributed by atoms with E-state index in [0.717, 1.165) is 18.4 Å². The van der Waals surface area contributed by atoms with Crippen LogP contribution in [0.5, 0.6) is 0 Å². The van der Waals surface area contributed by atoms with E-state index in [2.05, 4.69) is 36.7 Å². The zero-order chi connectivity index (χ0) is 11.5. The van der Waals surface area contributed by atoms with Crippen LogP contribution < -0.4 is 0 Å². The molecule has 0 heterocycles. The van der Waals surface area contributed by atoms with Crippen LogP contribution in [0.2, 0.25) is 0 Å². The first-order valence-electron chi connectivity index (χ1n) is 5.29. The summed E-state index contributed by atoms with van der Waals surface area (Å²) >= 11 is 3.66. The highest BCUT2D eigenvalue weighted by molar-refractivity contribution is 9.09.